The van der Waals surface area contributed by atoms with Crippen molar-refractivity contribution in [1.29, 1.82) is 0 Å². The van der Waals surface area contributed by atoms with E-state index in [0.717, 1.165) is 12.8 Å². The predicted molar refractivity (Wildman–Crippen MR) is 101 cm³/mol. The summed E-state index contributed by atoms with van der Waals surface area (Å²) in [5.74, 6) is 0.147. The lowest BCUT2D eigenvalue weighted by Crippen LogP contribution is -2.34. The molecule has 1 fully saturated rings. The number of rotatable bonds is 8. The monoisotopic (exact) mass is 379 g/mol. The van der Waals surface area contributed by atoms with Crippen molar-refractivity contribution in [2.24, 2.45) is 0 Å². The number of nitrogens with zero attached hydrogens (tertiary/aromatic N) is 2. The Bertz CT molecular complexity index is 856. The first-order chi connectivity index (χ1) is 12.4. The normalized spacial score (nSPS) is 15.6. The molecule has 8 heteroatoms. The molecule has 1 unspecified atom stereocenters. The summed E-state index contributed by atoms with van der Waals surface area (Å²) in [6.45, 7) is 6.79. The highest BCUT2D eigenvalue weighted by molar-refractivity contribution is 7.20. The maximum atomic E-state index is 12.6. The van der Waals surface area contributed by atoms with Gasteiger partial charge in [-0.3, -0.25) is 9.69 Å². The SMILES string of the molecule is CCOC(=O)c1sc2nc(CN(CC(O)CC)C3CC3)[nH]c(=O)c2c1C. The van der Waals surface area contributed by atoms with E-state index >= 15 is 0 Å². The molecule has 0 bridgehead atoms. The molecular formula is C18H25N3O4S. The Hall–Kier alpha value is -1.77. The number of aliphatic hydroxyl groups excluding tert-OH is 1. The van der Waals surface area contributed by atoms with Crippen molar-refractivity contribution in [3.05, 3.63) is 26.6 Å². The van der Waals surface area contributed by atoms with E-state index in [4.69, 9.17) is 4.74 Å². The lowest BCUT2D eigenvalue weighted by atomic mass is 10.2. The molecule has 2 N–H and O–H groups in total. The van der Waals surface area contributed by atoms with Gasteiger partial charge in [0, 0.05) is 12.6 Å². The molecule has 7 nitrogen and oxygen atoms in total. The van der Waals surface area contributed by atoms with Gasteiger partial charge < -0.3 is 14.8 Å². The molecule has 142 valence electrons. The van der Waals surface area contributed by atoms with Crippen molar-refractivity contribution in [2.75, 3.05) is 13.2 Å². The summed E-state index contributed by atoms with van der Waals surface area (Å²) in [5, 5.41) is 10.4. The summed E-state index contributed by atoms with van der Waals surface area (Å²) in [4.78, 5) is 35.2. The minimum atomic E-state index is -0.417. The van der Waals surface area contributed by atoms with Gasteiger partial charge in [-0.05, 0) is 38.7 Å². The molecule has 1 saturated carbocycles. The maximum absolute atomic E-state index is 12.6. The van der Waals surface area contributed by atoms with Gasteiger partial charge in [-0.25, -0.2) is 9.78 Å². The Morgan fingerprint density at radius 3 is 2.81 bits per heavy atom. The number of aliphatic hydroxyl groups is 1. The Morgan fingerprint density at radius 1 is 1.46 bits per heavy atom. The maximum Gasteiger partial charge on any atom is 0.348 e. The third-order valence-electron chi connectivity index (χ3n) is 4.64. The number of aromatic amines is 1. The van der Waals surface area contributed by atoms with Crippen molar-refractivity contribution in [2.45, 2.75) is 58.7 Å². The number of hydrogen-bond donors (Lipinski definition) is 2. The van der Waals surface area contributed by atoms with E-state index in [1.165, 1.54) is 11.3 Å². The average Bonchev–Trinajstić information content (AvgIpc) is 3.38. The van der Waals surface area contributed by atoms with Crippen LogP contribution in [0.15, 0.2) is 4.79 Å². The largest absolute Gasteiger partial charge is 0.462 e. The summed E-state index contributed by atoms with van der Waals surface area (Å²) in [6, 6.07) is 0.442. The van der Waals surface area contributed by atoms with E-state index in [1.807, 2.05) is 6.92 Å². The smallest absolute Gasteiger partial charge is 0.348 e. The average molecular weight is 379 g/mol. The van der Waals surface area contributed by atoms with Gasteiger partial charge in [-0.1, -0.05) is 6.92 Å². The first-order valence-electron chi connectivity index (χ1n) is 9.06. The van der Waals surface area contributed by atoms with Gasteiger partial charge in [0.15, 0.2) is 0 Å². The molecule has 0 saturated heterocycles. The number of aryl methyl sites for hydroxylation is 1. The number of hydrogen-bond acceptors (Lipinski definition) is 7. The van der Waals surface area contributed by atoms with Crippen LogP contribution in [-0.4, -0.2) is 51.2 Å². The van der Waals surface area contributed by atoms with Crippen molar-refractivity contribution in [3.8, 4) is 0 Å². The molecule has 0 amide bonds. The fourth-order valence-corrected chi connectivity index (χ4v) is 4.12. The molecule has 0 spiro atoms. The van der Waals surface area contributed by atoms with E-state index in [-0.39, 0.29) is 18.3 Å². The van der Waals surface area contributed by atoms with E-state index < -0.39 is 5.97 Å². The molecule has 1 aliphatic rings. The summed E-state index contributed by atoms with van der Waals surface area (Å²) < 4.78 is 5.06. The lowest BCUT2D eigenvalue weighted by molar-refractivity contribution is 0.0531. The number of H-pyrrole nitrogens is 1. The van der Waals surface area contributed by atoms with E-state index in [1.54, 1.807) is 13.8 Å². The molecule has 0 radical (unpaired) electrons. The second-order valence-corrected chi connectivity index (χ2v) is 7.69. The topological polar surface area (TPSA) is 95.5 Å². The first-order valence-corrected chi connectivity index (χ1v) is 9.87. The number of carbonyl (C=O) groups is 1. The Labute approximate surface area is 156 Å². The molecule has 0 aliphatic heterocycles. The molecule has 3 rings (SSSR count). The Balaban J connectivity index is 1.90. The van der Waals surface area contributed by atoms with Crippen LogP contribution >= 0.6 is 11.3 Å². The summed E-state index contributed by atoms with van der Waals surface area (Å²) in [5.41, 5.74) is 0.380. The fourth-order valence-electron chi connectivity index (χ4n) is 3.03. The highest BCUT2D eigenvalue weighted by Crippen LogP contribution is 2.30. The van der Waals surface area contributed by atoms with Crippen molar-refractivity contribution >= 4 is 27.5 Å². The van der Waals surface area contributed by atoms with Crippen LogP contribution in [0.4, 0.5) is 0 Å². The number of aromatic nitrogens is 2. The van der Waals surface area contributed by atoms with Crippen molar-refractivity contribution < 1.29 is 14.6 Å². The number of nitrogens with one attached hydrogen (secondary N) is 1. The molecule has 2 aromatic heterocycles. The van der Waals surface area contributed by atoms with Gasteiger partial charge >= 0.3 is 5.97 Å². The van der Waals surface area contributed by atoms with Crippen LogP contribution < -0.4 is 5.56 Å². The zero-order chi connectivity index (χ0) is 18.8. The minimum Gasteiger partial charge on any atom is -0.462 e. The van der Waals surface area contributed by atoms with Gasteiger partial charge in [0.2, 0.25) is 0 Å². The second-order valence-electron chi connectivity index (χ2n) is 6.69. The van der Waals surface area contributed by atoms with Crippen LogP contribution in [0.2, 0.25) is 0 Å². The van der Waals surface area contributed by atoms with Gasteiger partial charge in [0.1, 0.15) is 15.5 Å². The molecule has 1 aliphatic carbocycles. The zero-order valence-electron chi connectivity index (χ0n) is 15.4. The third-order valence-corrected chi connectivity index (χ3v) is 5.81. The van der Waals surface area contributed by atoms with Gasteiger partial charge in [0.05, 0.1) is 24.6 Å². The summed E-state index contributed by atoms with van der Waals surface area (Å²) in [7, 11) is 0. The van der Waals surface area contributed by atoms with Crippen LogP contribution in [-0.2, 0) is 11.3 Å². The molecule has 0 aromatic carbocycles. The fraction of sp³-hybridized carbons (Fsp3) is 0.611. The first kappa shape index (κ1) is 19.0. The van der Waals surface area contributed by atoms with Crippen LogP contribution in [0.25, 0.3) is 10.2 Å². The Morgan fingerprint density at radius 2 is 2.19 bits per heavy atom. The number of esters is 1. The molecular weight excluding hydrogens is 354 g/mol. The standard InChI is InChI=1S/C18H25N3O4S/c1-4-12(22)8-21(11-6-7-11)9-13-19-16(23)14-10(3)15(18(24)25-5-2)26-17(14)20-13/h11-12,22H,4-9H2,1-3H3,(H,19,20,23). The second kappa shape index (κ2) is 7.85. The van der Waals surface area contributed by atoms with Gasteiger partial charge in [0.25, 0.3) is 5.56 Å². The minimum absolute atomic E-state index is 0.235. The number of thiophene rings is 1. The van der Waals surface area contributed by atoms with E-state index in [9.17, 15) is 14.7 Å². The number of ether oxygens (including phenoxy) is 1. The van der Waals surface area contributed by atoms with Crippen molar-refractivity contribution in [1.82, 2.24) is 14.9 Å². The predicted octanol–water partition coefficient (Wildman–Crippen LogP) is 2.21. The molecule has 1 atom stereocenters. The zero-order valence-corrected chi connectivity index (χ0v) is 16.2. The van der Waals surface area contributed by atoms with Crippen molar-refractivity contribution in [3.63, 3.8) is 0 Å². The van der Waals surface area contributed by atoms with Crippen LogP contribution in [0.5, 0.6) is 0 Å². The van der Waals surface area contributed by atoms with Crippen LogP contribution in [0.1, 0.15) is 54.2 Å². The summed E-state index contributed by atoms with van der Waals surface area (Å²) >= 11 is 1.20. The van der Waals surface area contributed by atoms with Crippen LogP contribution in [0.3, 0.4) is 0 Å². The van der Waals surface area contributed by atoms with Gasteiger partial charge in [-0.15, -0.1) is 11.3 Å². The van der Waals surface area contributed by atoms with E-state index in [2.05, 4.69) is 14.9 Å². The molecule has 26 heavy (non-hydrogen) atoms. The number of fused-ring (bicyclic) bond motifs is 1. The van der Waals surface area contributed by atoms with Gasteiger partial charge in [-0.2, -0.15) is 0 Å². The molecule has 2 heterocycles. The highest BCUT2D eigenvalue weighted by Gasteiger charge is 2.31. The highest BCUT2D eigenvalue weighted by atomic mass is 32.1. The third kappa shape index (κ3) is 3.97. The van der Waals surface area contributed by atoms with E-state index in [0.29, 0.717) is 52.0 Å². The lowest BCUT2D eigenvalue weighted by Gasteiger charge is -2.23. The number of carbonyl (C=O) groups excluding carboxylic acids is 1. The van der Waals surface area contributed by atoms with Crippen LogP contribution in [0, 0.1) is 6.92 Å². The molecule has 2 aromatic rings. The Kier molecular flexibility index (Phi) is 5.74. The quantitative estimate of drug-likeness (QED) is 0.683. The summed E-state index contributed by atoms with van der Waals surface area (Å²) in [6.07, 6.45) is 2.52.